The molecule has 0 saturated heterocycles. The summed E-state index contributed by atoms with van der Waals surface area (Å²) in [6.45, 7) is 4.17. The SMILES string of the molecule is Cc1cc2nnn(CC(=O)Nc3ccc(Cl)cc3)c2cc1C. The van der Waals surface area contributed by atoms with Gasteiger partial charge in [-0.2, -0.15) is 0 Å². The van der Waals surface area contributed by atoms with Gasteiger partial charge in [-0.25, -0.2) is 4.68 Å². The summed E-state index contributed by atoms with van der Waals surface area (Å²) in [6.07, 6.45) is 0. The van der Waals surface area contributed by atoms with E-state index in [-0.39, 0.29) is 12.5 Å². The Morgan fingerprint density at radius 2 is 1.86 bits per heavy atom. The lowest BCUT2D eigenvalue weighted by molar-refractivity contribution is -0.116. The highest BCUT2D eigenvalue weighted by Gasteiger charge is 2.10. The predicted octanol–water partition coefficient (Wildman–Crippen LogP) is 3.34. The summed E-state index contributed by atoms with van der Waals surface area (Å²) in [5, 5.41) is 11.6. The zero-order valence-corrected chi connectivity index (χ0v) is 13.1. The monoisotopic (exact) mass is 314 g/mol. The molecule has 0 atom stereocenters. The van der Waals surface area contributed by atoms with Crippen LogP contribution in [0, 0.1) is 13.8 Å². The van der Waals surface area contributed by atoms with Gasteiger partial charge in [-0.3, -0.25) is 4.79 Å². The zero-order valence-electron chi connectivity index (χ0n) is 12.3. The van der Waals surface area contributed by atoms with Crippen molar-refractivity contribution in [3.63, 3.8) is 0 Å². The fourth-order valence-corrected chi connectivity index (χ4v) is 2.34. The first-order valence-electron chi connectivity index (χ1n) is 6.89. The van der Waals surface area contributed by atoms with Gasteiger partial charge in [0.05, 0.1) is 5.52 Å². The Bertz CT molecular complexity index is 839. The van der Waals surface area contributed by atoms with Crippen LogP contribution in [-0.4, -0.2) is 20.9 Å². The summed E-state index contributed by atoms with van der Waals surface area (Å²) in [4.78, 5) is 12.1. The van der Waals surface area contributed by atoms with Crippen LogP contribution in [-0.2, 0) is 11.3 Å². The quantitative estimate of drug-likeness (QED) is 0.806. The highest BCUT2D eigenvalue weighted by Crippen LogP contribution is 2.17. The smallest absolute Gasteiger partial charge is 0.246 e. The molecule has 3 rings (SSSR count). The second kappa shape index (κ2) is 5.77. The number of fused-ring (bicyclic) bond motifs is 1. The fourth-order valence-electron chi connectivity index (χ4n) is 2.21. The predicted molar refractivity (Wildman–Crippen MR) is 87.1 cm³/mol. The molecule has 0 aliphatic carbocycles. The molecule has 0 saturated carbocycles. The van der Waals surface area contributed by atoms with E-state index in [1.807, 2.05) is 26.0 Å². The van der Waals surface area contributed by atoms with Crippen molar-refractivity contribution >= 4 is 34.2 Å². The number of aryl methyl sites for hydroxylation is 2. The van der Waals surface area contributed by atoms with Gasteiger partial charge in [0, 0.05) is 10.7 Å². The summed E-state index contributed by atoms with van der Waals surface area (Å²) in [7, 11) is 0. The molecule has 0 bridgehead atoms. The van der Waals surface area contributed by atoms with Crippen LogP contribution < -0.4 is 5.32 Å². The Morgan fingerprint density at radius 3 is 2.59 bits per heavy atom. The van der Waals surface area contributed by atoms with E-state index >= 15 is 0 Å². The highest BCUT2D eigenvalue weighted by atomic mass is 35.5. The Hall–Kier alpha value is -2.40. The van der Waals surface area contributed by atoms with Crippen LogP contribution in [0.5, 0.6) is 0 Å². The summed E-state index contributed by atoms with van der Waals surface area (Å²) in [5.74, 6) is -0.160. The third kappa shape index (κ3) is 2.94. The average Bonchev–Trinajstić information content (AvgIpc) is 2.84. The van der Waals surface area contributed by atoms with Crippen LogP contribution in [0.25, 0.3) is 11.0 Å². The molecular weight excluding hydrogens is 300 g/mol. The number of hydrogen-bond donors (Lipinski definition) is 1. The van der Waals surface area contributed by atoms with E-state index in [1.54, 1.807) is 28.9 Å². The van der Waals surface area contributed by atoms with Crippen molar-refractivity contribution in [1.82, 2.24) is 15.0 Å². The molecule has 2 aromatic carbocycles. The van der Waals surface area contributed by atoms with E-state index in [9.17, 15) is 4.79 Å². The molecule has 5 nitrogen and oxygen atoms in total. The maximum Gasteiger partial charge on any atom is 0.246 e. The molecule has 22 heavy (non-hydrogen) atoms. The van der Waals surface area contributed by atoms with Gasteiger partial charge in [-0.05, 0) is 61.4 Å². The van der Waals surface area contributed by atoms with Crippen LogP contribution in [0.15, 0.2) is 36.4 Å². The van der Waals surface area contributed by atoms with E-state index < -0.39 is 0 Å². The first kappa shape index (κ1) is 14.5. The van der Waals surface area contributed by atoms with E-state index in [0.717, 1.165) is 22.2 Å². The number of benzene rings is 2. The Morgan fingerprint density at radius 1 is 1.18 bits per heavy atom. The van der Waals surface area contributed by atoms with Gasteiger partial charge in [-0.1, -0.05) is 16.8 Å². The first-order valence-corrected chi connectivity index (χ1v) is 7.26. The summed E-state index contributed by atoms with van der Waals surface area (Å²) >= 11 is 5.82. The Labute approximate surface area is 132 Å². The second-order valence-electron chi connectivity index (χ2n) is 5.23. The molecule has 0 radical (unpaired) electrons. The summed E-state index contributed by atoms with van der Waals surface area (Å²) < 4.78 is 1.60. The lowest BCUT2D eigenvalue weighted by Gasteiger charge is -2.06. The van der Waals surface area contributed by atoms with E-state index in [4.69, 9.17) is 11.6 Å². The molecular formula is C16H15ClN4O. The van der Waals surface area contributed by atoms with Crippen LogP contribution in [0.3, 0.4) is 0 Å². The normalized spacial score (nSPS) is 10.9. The van der Waals surface area contributed by atoms with Crippen molar-refractivity contribution < 1.29 is 4.79 Å². The summed E-state index contributed by atoms with van der Waals surface area (Å²) in [6, 6.07) is 11.0. The van der Waals surface area contributed by atoms with Gasteiger partial charge in [0.15, 0.2) is 0 Å². The van der Waals surface area contributed by atoms with Crippen molar-refractivity contribution in [2.75, 3.05) is 5.32 Å². The number of carbonyl (C=O) groups is 1. The minimum absolute atomic E-state index is 0.113. The maximum absolute atomic E-state index is 12.1. The van der Waals surface area contributed by atoms with Gasteiger partial charge in [-0.15, -0.1) is 5.10 Å². The fraction of sp³-hybridized carbons (Fsp3) is 0.188. The van der Waals surface area contributed by atoms with E-state index in [1.165, 1.54) is 0 Å². The number of nitrogens with zero attached hydrogens (tertiary/aromatic N) is 3. The number of hydrogen-bond acceptors (Lipinski definition) is 3. The molecule has 1 amide bonds. The van der Waals surface area contributed by atoms with Crippen LogP contribution in [0.1, 0.15) is 11.1 Å². The molecule has 112 valence electrons. The molecule has 0 spiro atoms. The lowest BCUT2D eigenvalue weighted by atomic mass is 10.1. The van der Waals surface area contributed by atoms with Crippen molar-refractivity contribution in [2.24, 2.45) is 0 Å². The molecule has 1 aromatic heterocycles. The molecule has 0 unspecified atom stereocenters. The van der Waals surface area contributed by atoms with Crippen molar-refractivity contribution in [1.29, 1.82) is 0 Å². The number of halogens is 1. The van der Waals surface area contributed by atoms with Gasteiger partial charge in [0.2, 0.25) is 5.91 Å². The van der Waals surface area contributed by atoms with Crippen LogP contribution in [0.2, 0.25) is 5.02 Å². The van der Waals surface area contributed by atoms with Gasteiger partial charge < -0.3 is 5.32 Å². The largest absolute Gasteiger partial charge is 0.324 e. The van der Waals surface area contributed by atoms with Crippen molar-refractivity contribution in [2.45, 2.75) is 20.4 Å². The van der Waals surface area contributed by atoms with E-state index in [0.29, 0.717) is 10.7 Å². The lowest BCUT2D eigenvalue weighted by Crippen LogP contribution is -2.19. The van der Waals surface area contributed by atoms with Crippen molar-refractivity contribution in [3.05, 3.63) is 52.5 Å². The topological polar surface area (TPSA) is 59.8 Å². The van der Waals surface area contributed by atoms with E-state index in [2.05, 4.69) is 15.6 Å². The third-order valence-corrected chi connectivity index (χ3v) is 3.80. The van der Waals surface area contributed by atoms with Gasteiger partial charge in [0.1, 0.15) is 12.1 Å². The number of rotatable bonds is 3. The molecule has 1 N–H and O–H groups in total. The minimum Gasteiger partial charge on any atom is -0.324 e. The Kier molecular flexibility index (Phi) is 3.81. The number of aromatic nitrogens is 3. The van der Waals surface area contributed by atoms with Crippen LogP contribution in [0.4, 0.5) is 5.69 Å². The maximum atomic E-state index is 12.1. The Balaban J connectivity index is 1.79. The zero-order chi connectivity index (χ0) is 15.7. The molecule has 1 heterocycles. The van der Waals surface area contributed by atoms with Crippen LogP contribution >= 0.6 is 11.6 Å². The molecule has 6 heteroatoms. The minimum atomic E-state index is -0.160. The number of carbonyl (C=O) groups excluding carboxylic acids is 1. The molecule has 0 aliphatic rings. The number of anilines is 1. The van der Waals surface area contributed by atoms with Crippen molar-refractivity contribution in [3.8, 4) is 0 Å². The molecule has 3 aromatic rings. The summed E-state index contributed by atoms with van der Waals surface area (Å²) in [5.41, 5.74) is 4.65. The number of amides is 1. The standard InChI is InChI=1S/C16H15ClN4O/c1-10-7-14-15(8-11(10)2)21(20-19-14)9-16(22)18-13-5-3-12(17)4-6-13/h3-8H,9H2,1-2H3,(H,18,22). The second-order valence-corrected chi connectivity index (χ2v) is 5.66. The first-order chi connectivity index (χ1) is 10.5. The third-order valence-electron chi connectivity index (χ3n) is 3.55. The molecule has 0 fully saturated rings. The van der Waals surface area contributed by atoms with Gasteiger partial charge in [0.25, 0.3) is 0 Å². The van der Waals surface area contributed by atoms with Gasteiger partial charge >= 0.3 is 0 Å². The highest BCUT2D eigenvalue weighted by molar-refractivity contribution is 6.30. The average molecular weight is 315 g/mol. The molecule has 0 aliphatic heterocycles. The number of nitrogens with one attached hydrogen (secondary N) is 1.